The summed E-state index contributed by atoms with van der Waals surface area (Å²) in [4.78, 5) is 25.6. The predicted molar refractivity (Wildman–Crippen MR) is 102 cm³/mol. The van der Waals surface area contributed by atoms with Gasteiger partial charge in [-0.05, 0) is 43.0 Å². The van der Waals surface area contributed by atoms with Crippen LogP contribution in [0, 0.1) is 11.8 Å². The lowest BCUT2D eigenvalue weighted by Crippen LogP contribution is -2.40. The van der Waals surface area contributed by atoms with E-state index in [0.717, 1.165) is 43.7 Å². The van der Waals surface area contributed by atoms with Gasteiger partial charge in [0, 0.05) is 18.8 Å². The molecule has 1 aromatic rings. The summed E-state index contributed by atoms with van der Waals surface area (Å²) in [5, 5.41) is 2.84. The number of nitrogens with one attached hydrogen (secondary N) is 1. The van der Waals surface area contributed by atoms with Crippen LogP contribution in [0.2, 0.25) is 0 Å². The van der Waals surface area contributed by atoms with Crippen molar-refractivity contribution in [2.75, 3.05) is 18.4 Å². The van der Waals surface area contributed by atoms with Gasteiger partial charge in [-0.25, -0.2) is 0 Å². The van der Waals surface area contributed by atoms with E-state index < -0.39 is 6.04 Å². The van der Waals surface area contributed by atoms with Crippen LogP contribution in [0.4, 0.5) is 5.69 Å². The van der Waals surface area contributed by atoms with Crippen LogP contribution in [0.1, 0.15) is 32.3 Å². The lowest BCUT2D eigenvalue weighted by atomic mass is 9.97. The zero-order chi connectivity index (χ0) is 17.7. The summed E-state index contributed by atoms with van der Waals surface area (Å²) in [6, 6.07) is 7.24. The van der Waals surface area contributed by atoms with E-state index in [1.807, 2.05) is 38.1 Å². The van der Waals surface area contributed by atoms with Crippen molar-refractivity contribution in [3.05, 3.63) is 29.8 Å². The summed E-state index contributed by atoms with van der Waals surface area (Å²) in [5.74, 6) is -0.325. The van der Waals surface area contributed by atoms with Gasteiger partial charge in [0.1, 0.15) is 0 Å². The van der Waals surface area contributed by atoms with Gasteiger partial charge in [-0.15, -0.1) is 12.4 Å². The third-order valence-corrected chi connectivity index (χ3v) is 4.56. The quantitative estimate of drug-likeness (QED) is 0.711. The van der Waals surface area contributed by atoms with Gasteiger partial charge in [0.15, 0.2) is 0 Å². The lowest BCUT2D eigenvalue weighted by molar-refractivity contribution is -0.123. The van der Waals surface area contributed by atoms with Gasteiger partial charge in [-0.3, -0.25) is 14.5 Å². The van der Waals surface area contributed by atoms with E-state index in [2.05, 4.69) is 10.2 Å². The molecule has 0 saturated carbocycles. The maximum atomic E-state index is 12.0. The van der Waals surface area contributed by atoms with Gasteiger partial charge in [-0.2, -0.15) is 0 Å². The van der Waals surface area contributed by atoms with Crippen LogP contribution >= 0.6 is 12.4 Å². The summed E-state index contributed by atoms with van der Waals surface area (Å²) >= 11 is 0. The molecule has 1 aromatic carbocycles. The van der Waals surface area contributed by atoms with E-state index in [-0.39, 0.29) is 36.1 Å². The molecule has 0 aliphatic carbocycles. The first-order valence-corrected chi connectivity index (χ1v) is 8.54. The minimum absolute atomic E-state index is 0. The molecular formula is C18H29ClN4O2. The zero-order valence-electron chi connectivity index (χ0n) is 14.9. The molecule has 0 bridgehead atoms. The number of halogens is 1. The van der Waals surface area contributed by atoms with E-state index in [0.29, 0.717) is 0 Å². The second kappa shape index (κ2) is 9.75. The molecule has 1 fully saturated rings. The van der Waals surface area contributed by atoms with Crippen molar-refractivity contribution in [1.82, 2.24) is 4.90 Å². The number of hydrogen-bond donors (Lipinski definition) is 3. The van der Waals surface area contributed by atoms with Crippen LogP contribution < -0.4 is 16.8 Å². The second-order valence-corrected chi connectivity index (χ2v) is 6.93. The molecule has 0 radical (unpaired) electrons. The van der Waals surface area contributed by atoms with E-state index >= 15 is 0 Å². The second-order valence-electron chi connectivity index (χ2n) is 6.93. The average molecular weight is 369 g/mol. The Balaban J connectivity index is 0.00000312. The fourth-order valence-electron chi connectivity index (χ4n) is 2.91. The summed E-state index contributed by atoms with van der Waals surface area (Å²) in [6.07, 6.45) is 1.88. The molecule has 1 unspecified atom stereocenters. The minimum Gasteiger partial charge on any atom is -0.369 e. The summed E-state index contributed by atoms with van der Waals surface area (Å²) in [5.41, 5.74) is 13.1. The molecule has 2 atom stereocenters. The molecule has 5 N–H and O–H groups in total. The average Bonchev–Trinajstić information content (AvgIpc) is 2.56. The molecule has 1 saturated heterocycles. The number of carbonyl (C=O) groups excluding carboxylic acids is 2. The molecular weight excluding hydrogens is 340 g/mol. The molecule has 2 rings (SSSR count). The predicted octanol–water partition coefficient (Wildman–Crippen LogP) is 1.73. The van der Waals surface area contributed by atoms with Crippen LogP contribution in [0.15, 0.2) is 24.3 Å². The fourth-order valence-corrected chi connectivity index (χ4v) is 2.91. The van der Waals surface area contributed by atoms with E-state index in [4.69, 9.17) is 11.5 Å². The Kier molecular flexibility index (Phi) is 8.35. The molecule has 0 aromatic heterocycles. The Morgan fingerprint density at radius 2 is 1.92 bits per heavy atom. The number of nitrogens with two attached hydrogens (primary N) is 2. The van der Waals surface area contributed by atoms with Gasteiger partial charge in [0.05, 0.1) is 12.0 Å². The first kappa shape index (κ1) is 21.4. The van der Waals surface area contributed by atoms with Crippen LogP contribution in [-0.2, 0) is 16.1 Å². The molecule has 1 aliphatic heterocycles. The number of rotatable bonds is 6. The van der Waals surface area contributed by atoms with Crippen molar-refractivity contribution < 1.29 is 9.59 Å². The lowest BCUT2D eigenvalue weighted by Gasteiger charge is -2.31. The number of carbonyl (C=O) groups is 2. The highest BCUT2D eigenvalue weighted by molar-refractivity contribution is 5.94. The van der Waals surface area contributed by atoms with Crippen molar-refractivity contribution >= 4 is 29.9 Å². The first-order valence-electron chi connectivity index (χ1n) is 8.54. The van der Waals surface area contributed by atoms with Crippen molar-refractivity contribution in [2.45, 2.75) is 39.3 Å². The zero-order valence-corrected chi connectivity index (χ0v) is 15.7. The van der Waals surface area contributed by atoms with Gasteiger partial charge in [0.25, 0.3) is 0 Å². The van der Waals surface area contributed by atoms with Crippen molar-refractivity contribution in [3.8, 4) is 0 Å². The Bertz CT molecular complexity index is 577. The van der Waals surface area contributed by atoms with Crippen molar-refractivity contribution in [2.24, 2.45) is 23.3 Å². The third kappa shape index (κ3) is 6.30. The SMILES string of the molecule is CC(C)[C@H](N)C(=O)Nc1ccc(CN2CCCC(C(N)=O)C2)cc1.Cl. The number of piperidine rings is 1. The summed E-state index contributed by atoms with van der Waals surface area (Å²) in [7, 11) is 0. The number of amides is 2. The summed E-state index contributed by atoms with van der Waals surface area (Å²) in [6.45, 7) is 6.32. The minimum atomic E-state index is -0.510. The van der Waals surface area contributed by atoms with Gasteiger partial charge >= 0.3 is 0 Å². The van der Waals surface area contributed by atoms with E-state index in [1.165, 1.54) is 0 Å². The maximum Gasteiger partial charge on any atom is 0.241 e. The Morgan fingerprint density at radius 3 is 2.48 bits per heavy atom. The standard InChI is InChI=1S/C18H28N4O2.ClH/c1-12(2)16(19)18(24)21-15-7-5-13(6-8-15)10-22-9-3-4-14(11-22)17(20)23;/h5-8,12,14,16H,3-4,9-11,19H2,1-2H3,(H2,20,23)(H,21,24);1H/t14?,16-;/m0./s1. The highest BCUT2D eigenvalue weighted by atomic mass is 35.5. The molecule has 2 amide bonds. The highest BCUT2D eigenvalue weighted by Gasteiger charge is 2.23. The number of primary amides is 1. The monoisotopic (exact) mass is 368 g/mol. The van der Waals surface area contributed by atoms with Crippen LogP contribution in [0.5, 0.6) is 0 Å². The van der Waals surface area contributed by atoms with Gasteiger partial charge in [-0.1, -0.05) is 26.0 Å². The number of hydrogen-bond acceptors (Lipinski definition) is 4. The Morgan fingerprint density at radius 1 is 1.28 bits per heavy atom. The van der Waals surface area contributed by atoms with Crippen LogP contribution in [0.3, 0.4) is 0 Å². The number of benzene rings is 1. The largest absolute Gasteiger partial charge is 0.369 e. The molecule has 7 heteroatoms. The number of anilines is 1. The van der Waals surface area contributed by atoms with Crippen LogP contribution in [0.25, 0.3) is 0 Å². The summed E-state index contributed by atoms with van der Waals surface area (Å²) < 4.78 is 0. The molecule has 1 aliphatic rings. The Hall–Kier alpha value is -1.63. The number of nitrogens with zero attached hydrogens (tertiary/aromatic N) is 1. The highest BCUT2D eigenvalue weighted by Crippen LogP contribution is 2.19. The van der Waals surface area contributed by atoms with Crippen LogP contribution in [-0.4, -0.2) is 35.8 Å². The molecule has 140 valence electrons. The van der Waals surface area contributed by atoms with Crippen molar-refractivity contribution in [3.63, 3.8) is 0 Å². The Labute approximate surface area is 155 Å². The van der Waals surface area contributed by atoms with Gasteiger partial charge < -0.3 is 16.8 Å². The van der Waals surface area contributed by atoms with Crippen molar-refractivity contribution in [1.29, 1.82) is 0 Å². The molecule has 1 heterocycles. The van der Waals surface area contributed by atoms with E-state index in [9.17, 15) is 9.59 Å². The van der Waals surface area contributed by atoms with E-state index in [1.54, 1.807) is 0 Å². The number of likely N-dealkylation sites (tertiary alicyclic amines) is 1. The van der Waals surface area contributed by atoms with Gasteiger partial charge in [0.2, 0.25) is 11.8 Å². The maximum absolute atomic E-state index is 12.0. The normalized spacial score (nSPS) is 19.1. The molecule has 25 heavy (non-hydrogen) atoms. The third-order valence-electron chi connectivity index (χ3n) is 4.56. The molecule has 6 nitrogen and oxygen atoms in total. The topological polar surface area (TPSA) is 101 Å². The smallest absolute Gasteiger partial charge is 0.241 e. The fraction of sp³-hybridized carbons (Fsp3) is 0.556. The molecule has 0 spiro atoms. The first-order chi connectivity index (χ1) is 11.4.